The molecule has 1 atom stereocenters. The van der Waals surface area contributed by atoms with Gasteiger partial charge in [-0.25, -0.2) is 4.98 Å². The number of methoxy groups -OCH3 is 1. The van der Waals surface area contributed by atoms with Crippen molar-refractivity contribution in [1.82, 2.24) is 9.55 Å². The smallest absolute Gasteiger partial charge is 0.135 e. The number of ether oxygens (including phenoxy) is 1. The van der Waals surface area contributed by atoms with E-state index in [2.05, 4.69) is 35.5 Å². The summed E-state index contributed by atoms with van der Waals surface area (Å²) >= 11 is 5.08. The van der Waals surface area contributed by atoms with E-state index in [1.807, 2.05) is 6.92 Å². The Morgan fingerprint density at radius 1 is 1.40 bits per heavy atom. The summed E-state index contributed by atoms with van der Waals surface area (Å²) in [5.41, 5.74) is 10.4. The van der Waals surface area contributed by atoms with E-state index in [9.17, 15) is 0 Å². The predicted molar refractivity (Wildman–Crippen MR) is 85.9 cm³/mol. The van der Waals surface area contributed by atoms with Crippen LogP contribution in [-0.4, -0.2) is 21.6 Å². The molecule has 1 aromatic heterocycles. The second-order valence-electron chi connectivity index (χ2n) is 5.30. The molecule has 1 unspecified atom stereocenters. The summed E-state index contributed by atoms with van der Waals surface area (Å²) < 4.78 is 7.42. The van der Waals surface area contributed by atoms with E-state index in [0.29, 0.717) is 11.6 Å². The quantitative estimate of drug-likeness (QED) is 0.861. The maximum atomic E-state index is 5.74. The Balaban J connectivity index is 2.55. The summed E-state index contributed by atoms with van der Waals surface area (Å²) in [6.45, 7) is 7.45. The van der Waals surface area contributed by atoms with Crippen molar-refractivity contribution in [2.24, 2.45) is 11.7 Å². The van der Waals surface area contributed by atoms with Gasteiger partial charge >= 0.3 is 0 Å². The van der Waals surface area contributed by atoms with Gasteiger partial charge in [0.1, 0.15) is 12.4 Å². The number of nitrogens with zero attached hydrogens (tertiary/aromatic N) is 2. The first kappa shape index (κ1) is 14.9. The van der Waals surface area contributed by atoms with Gasteiger partial charge in [-0.3, -0.25) is 0 Å². The number of hydrogen-bond acceptors (Lipinski definition) is 3. The van der Waals surface area contributed by atoms with Crippen LogP contribution in [0, 0.1) is 19.8 Å². The molecule has 5 heteroatoms. The fourth-order valence-electron chi connectivity index (χ4n) is 2.24. The summed E-state index contributed by atoms with van der Waals surface area (Å²) in [5.74, 6) is 1.04. The molecular formula is C15H21N3OS. The second kappa shape index (κ2) is 5.89. The van der Waals surface area contributed by atoms with Gasteiger partial charge in [-0.2, -0.15) is 0 Å². The Kier molecular flexibility index (Phi) is 4.40. The summed E-state index contributed by atoms with van der Waals surface area (Å²) in [7, 11) is 1.68. The second-order valence-corrected chi connectivity index (χ2v) is 5.77. The SMILES string of the molecule is COCc1nc2cc(C)c(C)cc2n1CC(C)C(N)=S. The van der Waals surface area contributed by atoms with Crippen molar-refractivity contribution in [2.45, 2.75) is 33.9 Å². The van der Waals surface area contributed by atoms with Crippen molar-refractivity contribution in [3.63, 3.8) is 0 Å². The third-order valence-corrected chi connectivity index (χ3v) is 4.06. The molecule has 0 fully saturated rings. The average Bonchev–Trinajstić information content (AvgIpc) is 2.68. The highest BCUT2D eigenvalue weighted by Crippen LogP contribution is 2.22. The van der Waals surface area contributed by atoms with E-state index in [-0.39, 0.29) is 5.92 Å². The van der Waals surface area contributed by atoms with Gasteiger partial charge in [0.2, 0.25) is 0 Å². The molecule has 0 spiro atoms. The molecule has 0 aliphatic rings. The van der Waals surface area contributed by atoms with E-state index in [4.69, 9.17) is 22.7 Å². The van der Waals surface area contributed by atoms with Crippen LogP contribution in [0.1, 0.15) is 23.9 Å². The van der Waals surface area contributed by atoms with Crippen molar-refractivity contribution in [3.8, 4) is 0 Å². The standard InChI is InChI=1S/C15H21N3OS/c1-9-5-12-13(6-10(9)2)18(7-11(3)15(16)20)14(17-12)8-19-4/h5-6,11H,7-8H2,1-4H3,(H2,16,20). The molecule has 108 valence electrons. The molecule has 0 aliphatic carbocycles. The molecule has 0 radical (unpaired) electrons. The van der Waals surface area contributed by atoms with Gasteiger partial charge in [0.15, 0.2) is 0 Å². The third kappa shape index (κ3) is 2.83. The highest BCUT2D eigenvalue weighted by Gasteiger charge is 2.15. The van der Waals surface area contributed by atoms with Gasteiger partial charge < -0.3 is 15.0 Å². The van der Waals surface area contributed by atoms with Crippen LogP contribution in [0.3, 0.4) is 0 Å². The van der Waals surface area contributed by atoms with E-state index < -0.39 is 0 Å². The molecule has 0 saturated heterocycles. The Labute approximate surface area is 124 Å². The van der Waals surface area contributed by atoms with E-state index >= 15 is 0 Å². The van der Waals surface area contributed by atoms with E-state index in [0.717, 1.165) is 23.4 Å². The number of aromatic nitrogens is 2. The lowest BCUT2D eigenvalue weighted by Gasteiger charge is -2.14. The number of fused-ring (bicyclic) bond motifs is 1. The molecule has 0 bridgehead atoms. The maximum Gasteiger partial charge on any atom is 0.135 e. The minimum atomic E-state index is 0.125. The van der Waals surface area contributed by atoms with Crippen LogP contribution in [0.15, 0.2) is 12.1 Å². The monoisotopic (exact) mass is 291 g/mol. The first-order valence-electron chi connectivity index (χ1n) is 6.68. The van der Waals surface area contributed by atoms with Gasteiger partial charge in [-0.05, 0) is 37.1 Å². The van der Waals surface area contributed by atoms with Crippen molar-refractivity contribution < 1.29 is 4.74 Å². The number of nitrogens with two attached hydrogens (primary N) is 1. The minimum Gasteiger partial charge on any atom is -0.393 e. The Hall–Kier alpha value is -1.46. The first-order valence-corrected chi connectivity index (χ1v) is 7.09. The number of aryl methyl sites for hydroxylation is 2. The molecule has 0 aliphatic heterocycles. The highest BCUT2D eigenvalue weighted by molar-refractivity contribution is 7.80. The number of benzene rings is 1. The van der Waals surface area contributed by atoms with Crippen molar-refractivity contribution in [2.75, 3.05) is 7.11 Å². The molecule has 20 heavy (non-hydrogen) atoms. The van der Waals surface area contributed by atoms with Crippen LogP contribution in [0.5, 0.6) is 0 Å². The van der Waals surface area contributed by atoms with Gasteiger partial charge in [0.05, 0.1) is 16.0 Å². The normalized spacial score (nSPS) is 12.8. The minimum absolute atomic E-state index is 0.125. The van der Waals surface area contributed by atoms with Crippen LogP contribution in [0.4, 0.5) is 0 Å². The van der Waals surface area contributed by atoms with Crippen LogP contribution >= 0.6 is 12.2 Å². The number of rotatable bonds is 5. The zero-order valence-corrected chi connectivity index (χ0v) is 13.3. The average molecular weight is 291 g/mol. The van der Waals surface area contributed by atoms with Crippen LogP contribution in [0.2, 0.25) is 0 Å². The molecule has 0 saturated carbocycles. The molecule has 1 aromatic carbocycles. The topological polar surface area (TPSA) is 53.1 Å². The maximum absolute atomic E-state index is 5.74. The fourth-order valence-corrected chi connectivity index (χ4v) is 2.31. The molecule has 1 heterocycles. The van der Waals surface area contributed by atoms with Gasteiger partial charge in [0.25, 0.3) is 0 Å². The Morgan fingerprint density at radius 3 is 2.65 bits per heavy atom. The van der Waals surface area contributed by atoms with Gasteiger partial charge in [-0.1, -0.05) is 19.1 Å². The molecule has 2 N–H and O–H groups in total. The molecule has 4 nitrogen and oxygen atoms in total. The number of hydrogen-bond donors (Lipinski definition) is 1. The lowest BCUT2D eigenvalue weighted by atomic mass is 10.1. The van der Waals surface area contributed by atoms with Gasteiger partial charge in [0, 0.05) is 19.6 Å². The first-order chi connectivity index (χ1) is 9.43. The van der Waals surface area contributed by atoms with E-state index in [1.165, 1.54) is 11.1 Å². The molecular weight excluding hydrogens is 270 g/mol. The molecule has 0 amide bonds. The highest BCUT2D eigenvalue weighted by atomic mass is 32.1. The summed E-state index contributed by atoms with van der Waals surface area (Å²) in [6, 6.07) is 4.29. The number of thiocarbonyl (C=S) groups is 1. The summed E-state index contributed by atoms with van der Waals surface area (Å²) in [5, 5.41) is 0. The van der Waals surface area contributed by atoms with Crippen molar-refractivity contribution >= 4 is 28.2 Å². The van der Waals surface area contributed by atoms with Crippen LogP contribution < -0.4 is 5.73 Å². The Morgan fingerprint density at radius 2 is 2.05 bits per heavy atom. The lowest BCUT2D eigenvalue weighted by molar-refractivity contribution is 0.174. The number of imidazole rings is 1. The predicted octanol–water partition coefficient (Wildman–Crippen LogP) is 2.72. The zero-order chi connectivity index (χ0) is 14.9. The largest absolute Gasteiger partial charge is 0.393 e. The van der Waals surface area contributed by atoms with Crippen molar-refractivity contribution in [1.29, 1.82) is 0 Å². The fraction of sp³-hybridized carbons (Fsp3) is 0.467. The summed E-state index contributed by atoms with van der Waals surface area (Å²) in [6.07, 6.45) is 0. The molecule has 2 rings (SSSR count). The zero-order valence-electron chi connectivity index (χ0n) is 12.4. The van der Waals surface area contributed by atoms with Crippen LogP contribution in [0.25, 0.3) is 11.0 Å². The van der Waals surface area contributed by atoms with Crippen molar-refractivity contribution in [3.05, 3.63) is 29.1 Å². The van der Waals surface area contributed by atoms with E-state index in [1.54, 1.807) is 7.11 Å². The van der Waals surface area contributed by atoms with Gasteiger partial charge in [-0.15, -0.1) is 0 Å². The van der Waals surface area contributed by atoms with Crippen LogP contribution in [-0.2, 0) is 17.9 Å². The summed E-state index contributed by atoms with van der Waals surface area (Å²) in [4.78, 5) is 5.20. The third-order valence-electron chi connectivity index (χ3n) is 3.66. The molecule has 2 aromatic rings. The lowest BCUT2D eigenvalue weighted by Crippen LogP contribution is -2.23. The Bertz CT molecular complexity index is 648.